The summed E-state index contributed by atoms with van der Waals surface area (Å²) in [4.78, 5) is 0. The molecule has 0 aromatic heterocycles. The number of hydrogen-bond acceptors (Lipinski definition) is 1. The van der Waals surface area contributed by atoms with Gasteiger partial charge in [0.25, 0.3) is 6.43 Å². The zero-order chi connectivity index (χ0) is 10.8. The van der Waals surface area contributed by atoms with Gasteiger partial charge in [0.05, 0.1) is 0 Å². The normalized spacial score (nSPS) is 14.9. The summed E-state index contributed by atoms with van der Waals surface area (Å²) in [5.74, 6) is 2.34. The van der Waals surface area contributed by atoms with Gasteiger partial charge in [-0.05, 0) is 18.6 Å². The van der Waals surface area contributed by atoms with Crippen molar-refractivity contribution in [2.24, 2.45) is 5.73 Å². The topological polar surface area (TPSA) is 26.0 Å². The highest BCUT2D eigenvalue weighted by atomic mass is 19.3. The van der Waals surface area contributed by atoms with Crippen molar-refractivity contribution in [3.05, 3.63) is 35.4 Å². The minimum Gasteiger partial charge on any atom is -0.317 e. The summed E-state index contributed by atoms with van der Waals surface area (Å²) >= 11 is 0. The zero-order valence-electron chi connectivity index (χ0n) is 7.80. The maximum absolute atomic E-state index is 12.6. The molecule has 74 valence electrons. The van der Waals surface area contributed by atoms with Crippen molar-refractivity contribution < 1.29 is 8.78 Å². The SMILES string of the molecule is C#Cc1ccccc1C(C)(N)C(F)F. The Morgan fingerprint density at radius 3 is 2.50 bits per heavy atom. The van der Waals surface area contributed by atoms with Crippen molar-refractivity contribution in [1.82, 2.24) is 0 Å². The van der Waals surface area contributed by atoms with Crippen LogP contribution >= 0.6 is 0 Å². The number of rotatable bonds is 2. The maximum Gasteiger partial charge on any atom is 0.260 e. The van der Waals surface area contributed by atoms with Crippen LogP contribution in [0.5, 0.6) is 0 Å². The van der Waals surface area contributed by atoms with Crippen molar-refractivity contribution in [2.75, 3.05) is 0 Å². The van der Waals surface area contributed by atoms with E-state index in [-0.39, 0.29) is 0 Å². The molecule has 1 rings (SSSR count). The molecular weight excluding hydrogens is 184 g/mol. The van der Waals surface area contributed by atoms with Gasteiger partial charge in [0.1, 0.15) is 5.54 Å². The van der Waals surface area contributed by atoms with E-state index >= 15 is 0 Å². The maximum atomic E-state index is 12.6. The van der Waals surface area contributed by atoms with Gasteiger partial charge in [-0.1, -0.05) is 24.1 Å². The summed E-state index contributed by atoms with van der Waals surface area (Å²) in [6.45, 7) is 1.27. The van der Waals surface area contributed by atoms with E-state index in [1.165, 1.54) is 13.0 Å². The van der Waals surface area contributed by atoms with E-state index in [2.05, 4.69) is 5.92 Å². The minimum atomic E-state index is -2.64. The van der Waals surface area contributed by atoms with Gasteiger partial charge in [0.2, 0.25) is 0 Å². The molecule has 0 heterocycles. The highest BCUT2D eigenvalue weighted by Crippen LogP contribution is 2.27. The second-order valence-corrected chi connectivity index (χ2v) is 3.27. The van der Waals surface area contributed by atoms with Crippen molar-refractivity contribution >= 4 is 0 Å². The quantitative estimate of drug-likeness (QED) is 0.718. The van der Waals surface area contributed by atoms with Crippen molar-refractivity contribution in [1.29, 1.82) is 0 Å². The van der Waals surface area contributed by atoms with Crippen LogP contribution in [0, 0.1) is 12.3 Å². The number of benzene rings is 1. The summed E-state index contributed by atoms with van der Waals surface area (Å²) in [6.07, 6.45) is 2.56. The molecule has 0 aliphatic heterocycles. The number of hydrogen-bond donors (Lipinski definition) is 1. The Morgan fingerprint density at radius 2 is 2.00 bits per heavy atom. The fraction of sp³-hybridized carbons (Fsp3) is 0.273. The Balaban J connectivity index is 3.26. The molecule has 0 saturated heterocycles. The van der Waals surface area contributed by atoms with Crippen LogP contribution in [0.3, 0.4) is 0 Å². The molecule has 0 spiro atoms. The highest BCUT2D eigenvalue weighted by molar-refractivity contribution is 5.43. The smallest absolute Gasteiger partial charge is 0.260 e. The molecular formula is C11H11F2N. The molecule has 0 amide bonds. The van der Waals surface area contributed by atoms with Crippen LogP contribution in [0.15, 0.2) is 24.3 Å². The van der Waals surface area contributed by atoms with Crippen LogP contribution in [-0.4, -0.2) is 6.43 Å². The first-order valence-corrected chi connectivity index (χ1v) is 4.13. The van der Waals surface area contributed by atoms with Gasteiger partial charge >= 0.3 is 0 Å². The van der Waals surface area contributed by atoms with Crippen molar-refractivity contribution in [2.45, 2.75) is 18.9 Å². The lowest BCUT2D eigenvalue weighted by Crippen LogP contribution is -2.41. The molecule has 0 aliphatic rings. The van der Waals surface area contributed by atoms with Crippen molar-refractivity contribution in [3.8, 4) is 12.3 Å². The molecule has 1 nitrogen and oxygen atoms in total. The number of alkyl halides is 2. The van der Waals surface area contributed by atoms with E-state index < -0.39 is 12.0 Å². The molecule has 0 aliphatic carbocycles. The van der Waals surface area contributed by atoms with Crippen LogP contribution in [0.4, 0.5) is 8.78 Å². The van der Waals surface area contributed by atoms with Gasteiger partial charge in [0, 0.05) is 5.56 Å². The Morgan fingerprint density at radius 1 is 1.43 bits per heavy atom. The molecule has 2 N–H and O–H groups in total. The lowest BCUT2D eigenvalue weighted by Gasteiger charge is -2.25. The predicted octanol–water partition coefficient (Wildman–Crippen LogP) is 2.11. The first kappa shape index (κ1) is 10.7. The Hall–Kier alpha value is -1.40. The minimum absolute atomic E-state index is 0.303. The van der Waals surface area contributed by atoms with Gasteiger partial charge in [-0.15, -0.1) is 6.42 Å². The molecule has 1 unspecified atom stereocenters. The molecule has 0 saturated carbocycles. The average Bonchev–Trinajstić information content (AvgIpc) is 2.17. The number of halogens is 2. The van der Waals surface area contributed by atoms with E-state index in [9.17, 15) is 8.78 Å². The Kier molecular flexibility index (Phi) is 2.87. The van der Waals surface area contributed by atoms with Crippen LogP contribution < -0.4 is 5.73 Å². The van der Waals surface area contributed by atoms with Gasteiger partial charge in [-0.2, -0.15) is 0 Å². The first-order chi connectivity index (χ1) is 6.50. The van der Waals surface area contributed by atoms with Gasteiger partial charge in [0.15, 0.2) is 0 Å². The summed E-state index contributed by atoms with van der Waals surface area (Å²) in [6, 6.07) is 6.47. The zero-order valence-corrected chi connectivity index (χ0v) is 7.80. The van der Waals surface area contributed by atoms with E-state index in [1.54, 1.807) is 18.2 Å². The third-order valence-corrected chi connectivity index (χ3v) is 2.12. The molecule has 1 aromatic rings. The van der Waals surface area contributed by atoms with E-state index in [0.29, 0.717) is 11.1 Å². The van der Waals surface area contributed by atoms with Gasteiger partial charge < -0.3 is 5.73 Å². The lowest BCUT2D eigenvalue weighted by atomic mass is 9.90. The van der Waals surface area contributed by atoms with Crippen LogP contribution in [-0.2, 0) is 5.54 Å². The van der Waals surface area contributed by atoms with Crippen LogP contribution in [0.2, 0.25) is 0 Å². The van der Waals surface area contributed by atoms with Gasteiger partial charge in [-0.25, -0.2) is 8.78 Å². The second-order valence-electron chi connectivity index (χ2n) is 3.27. The lowest BCUT2D eigenvalue weighted by molar-refractivity contribution is 0.0624. The van der Waals surface area contributed by atoms with Crippen molar-refractivity contribution in [3.63, 3.8) is 0 Å². The summed E-state index contributed by atoms with van der Waals surface area (Å²) in [5.41, 5.74) is 4.54. The molecule has 1 aromatic carbocycles. The fourth-order valence-electron chi connectivity index (χ4n) is 1.20. The third-order valence-electron chi connectivity index (χ3n) is 2.12. The number of terminal acetylenes is 1. The molecule has 0 bridgehead atoms. The van der Waals surface area contributed by atoms with Crippen LogP contribution in [0.25, 0.3) is 0 Å². The Labute approximate surface area is 81.9 Å². The summed E-state index contributed by atoms with van der Waals surface area (Å²) in [7, 11) is 0. The molecule has 14 heavy (non-hydrogen) atoms. The van der Waals surface area contributed by atoms with E-state index in [1.807, 2.05) is 0 Å². The molecule has 0 radical (unpaired) electrons. The van der Waals surface area contributed by atoms with Gasteiger partial charge in [-0.3, -0.25) is 0 Å². The Bertz CT molecular complexity index is 364. The largest absolute Gasteiger partial charge is 0.317 e. The number of nitrogens with two attached hydrogens (primary N) is 1. The molecule has 0 fully saturated rings. The standard InChI is InChI=1S/C11H11F2N/c1-3-8-6-4-5-7-9(8)11(2,14)10(12)13/h1,4-7,10H,14H2,2H3. The molecule has 1 atom stereocenters. The third kappa shape index (κ3) is 1.75. The molecule has 3 heteroatoms. The predicted molar refractivity (Wildman–Crippen MR) is 51.9 cm³/mol. The van der Waals surface area contributed by atoms with E-state index in [4.69, 9.17) is 12.2 Å². The van der Waals surface area contributed by atoms with Crippen LogP contribution in [0.1, 0.15) is 18.1 Å². The average molecular weight is 195 g/mol. The summed E-state index contributed by atoms with van der Waals surface area (Å²) < 4.78 is 25.2. The fourth-order valence-corrected chi connectivity index (χ4v) is 1.20. The van der Waals surface area contributed by atoms with E-state index in [0.717, 1.165) is 0 Å². The second kappa shape index (κ2) is 3.77. The first-order valence-electron chi connectivity index (χ1n) is 4.13. The monoisotopic (exact) mass is 195 g/mol. The summed E-state index contributed by atoms with van der Waals surface area (Å²) in [5, 5.41) is 0. The highest BCUT2D eigenvalue weighted by Gasteiger charge is 2.33.